The van der Waals surface area contributed by atoms with E-state index in [-0.39, 0.29) is 17.8 Å². The largest absolute Gasteiger partial charge is 0.497 e. The van der Waals surface area contributed by atoms with Gasteiger partial charge >= 0.3 is 0 Å². The molecule has 1 aromatic heterocycles. The highest BCUT2D eigenvalue weighted by Gasteiger charge is 2.24. The van der Waals surface area contributed by atoms with E-state index in [9.17, 15) is 9.18 Å². The number of aromatic nitrogens is 2. The van der Waals surface area contributed by atoms with Crippen LogP contribution in [0.2, 0.25) is 0 Å². The van der Waals surface area contributed by atoms with Gasteiger partial charge in [0.1, 0.15) is 11.6 Å². The number of hydrogen-bond acceptors (Lipinski definition) is 4. The molecular weight excluding hydrogens is 383 g/mol. The van der Waals surface area contributed by atoms with Crippen LogP contribution in [-0.2, 0) is 0 Å². The number of nitrogens with zero attached hydrogens (tertiary/aromatic N) is 3. The standard InChI is InChI=1S/C23H25FN4O2/c1-30-20-9-7-17(8-10-20)22(27-12-2-3-13-27)16-25-23(29)21-11-14-28(26-21)19-6-4-5-18(24)15-19/h4-11,14-15,22H,2-3,12-13,16H2,1H3,(H,25,29). The van der Waals surface area contributed by atoms with Gasteiger partial charge in [0.05, 0.1) is 18.8 Å². The molecular formula is C23H25FN4O2. The zero-order chi connectivity index (χ0) is 20.9. The van der Waals surface area contributed by atoms with E-state index in [0.717, 1.165) is 24.4 Å². The highest BCUT2D eigenvalue weighted by molar-refractivity contribution is 5.92. The van der Waals surface area contributed by atoms with Gasteiger partial charge in [-0.1, -0.05) is 18.2 Å². The third kappa shape index (κ3) is 4.52. The number of carbonyl (C=O) groups excluding carboxylic acids is 1. The molecule has 1 unspecified atom stereocenters. The van der Waals surface area contributed by atoms with Gasteiger partial charge in [-0.2, -0.15) is 5.10 Å². The lowest BCUT2D eigenvalue weighted by Crippen LogP contribution is -2.37. The van der Waals surface area contributed by atoms with Crippen molar-refractivity contribution in [3.8, 4) is 11.4 Å². The van der Waals surface area contributed by atoms with Crippen LogP contribution in [-0.4, -0.2) is 47.3 Å². The Balaban J connectivity index is 1.46. The van der Waals surface area contributed by atoms with Crippen molar-refractivity contribution in [3.05, 3.63) is 77.9 Å². The average Bonchev–Trinajstić information content (AvgIpc) is 3.47. The van der Waals surface area contributed by atoms with Gasteiger partial charge in [0, 0.05) is 12.7 Å². The van der Waals surface area contributed by atoms with Crippen LogP contribution in [0.3, 0.4) is 0 Å². The molecule has 0 aliphatic carbocycles. The second-order valence-corrected chi connectivity index (χ2v) is 7.37. The number of carbonyl (C=O) groups is 1. The van der Waals surface area contributed by atoms with E-state index in [0.29, 0.717) is 17.9 Å². The van der Waals surface area contributed by atoms with Gasteiger partial charge in [-0.15, -0.1) is 0 Å². The SMILES string of the molecule is COc1ccc(C(CNC(=O)c2ccn(-c3cccc(F)c3)n2)N2CCCC2)cc1. The molecule has 1 N–H and O–H groups in total. The van der Waals surface area contributed by atoms with Crippen molar-refractivity contribution in [2.75, 3.05) is 26.7 Å². The van der Waals surface area contributed by atoms with Crippen LogP contribution in [0.25, 0.3) is 5.69 Å². The molecule has 3 aromatic rings. The first kappa shape index (κ1) is 20.1. The molecule has 2 heterocycles. The number of ether oxygens (including phenoxy) is 1. The summed E-state index contributed by atoms with van der Waals surface area (Å²) in [7, 11) is 1.65. The van der Waals surface area contributed by atoms with Crippen LogP contribution in [0, 0.1) is 5.82 Å². The molecule has 7 heteroatoms. The summed E-state index contributed by atoms with van der Waals surface area (Å²) in [6.07, 6.45) is 3.99. The number of nitrogens with one attached hydrogen (secondary N) is 1. The summed E-state index contributed by atoms with van der Waals surface area (Å²) in [5.74, 6) is 0.218. The van der Waals surface area contributed by atoms with Gasteiger partial charge in [0.15, 0.2) is 5.69 Å². The predicted molar refractivity (Wildman–Crippen MR) is 112 cm³/mol. The monoisotopic (exact) mass is 408 g/mol. The first-order valence-electron chi connectivity index (χ1n) is 10.1. The second kappa shape index (κ2) is 9.09. The van der Waals surface area contributed by atoms with Crippen molar-refractivity contribution >= 4 is 5.91 Å². The topological polar surface area (TPSA) is 59.4 Å². The van der Waals surface area contributed by atoms with E-state index >= 15 is 0 Å². The first-order valence-corrected chi connectivity index (χ1v) is 10.1. The minimum atomic E-state index is -0.345. The van der Waals surface area contributed by atoms with Crippen LogP contribution in [0.1, 0.15) is 34.9 Å². The third-order valence-corrected chi connectivity index (χ3v) is 5.43. The zero-order valence-electron chi connectivity index (χ0n) is 16.9. The fourth-order valence-electron chi connectivity index (χ4n) is 3.82. The number of methoxy groups -OCH3 is 1. The van der Waals surface area contributed by atoms with Gasteiger partial charge < -0.3 is 10.1 Å². The number of likely N-dealkylation sites (tertiary alicyclic amines) is 1. The molecule has 1 aliphatic heterocycles. The lowest BCUT2D eigenvalue weighted by Gasteiger charge is -2.28. The maximum absolute atomic E-state index is 13.5. The predicted octanol–water partition coefficient (Wildman–Crippen LogP) is 3.59. The van der Waals surface area contributed by atoms with Gasteiger partial charge in [-0.25, -0.2) is 9.07 Å². The average molecular weight is 408 g/mol. The number of rotatable bonds is 7. The Morgan fingerprint density at radius 1 is 1.17 bits per heavy atom. The highest BCUT2D eigenvalue weighted by Crippen LogP contribution is 2.26. The Hall–Kier alpha value is -3.19. The van der Waals surface area contributed by atoms with Crippen molar-refractivity contribution < 1.29 is 13.9 Å². The minimum absolute atomic E-state index is 0.0904. The van der Waals surface area contributed by atoms with E-state index in [1.54, 1.807) is 31.5 Å². The van der Waals surface area contributed by atoms with E-state index in [4.69, 9.17) is 4.74 Å². The Kier molecular flexibility index (Phi) is 6.09. The van der Waals surface area contributed by atoms with Crippen LogP contribution in [0.15, 0.2) is 60.8 Å². The van der Waals surface area contributed by atoms with Crippen LogP contribution in [0.5, 0.6) is 5.75 Å². The summed E-state index contributed by atoms with van der Waals surface area (Å²) in [5, 5.41) is 7.32. The summed E-state index contributed by atoms with van der Waals surface area (Å²) in [4.78, 5) is 15.1. The summed E-state index contributed by atoms with van der Waals surface area (Å²) >= 11 is 0. The molecule has 1 atom stereocenters. The Morgan fingerprint density at radius 2 is 1.93 bits per heavy atom. The van der Waals surface area contributed by atoms with Crippen molar-refractivity contribution in [2.45, 2.75) is 18.9 Å². The number of halogens is 1. The number of amides is 1. The molecule has 1 fully saturated rings. The smallest absolute Gasteiger partial charge is 0.271 e. The second-order valence-electron chi connectivity index (χ2n) is 7.37. The van der Waals surface area contributed by atoms with Crippen molar-refractivity contribution in [3.63, 3.8) is 0 Å². The van der Waals surface area contributed by atoms with E-state index in [2.05, 4.69) is 15.3 Å². The van der Waals surface area contributed by atoms with Crippen LogP contribution in [0.4, 0.5) is 4.39 Å². The fraction of sp³-hybridized carbons (Fsp3) is 0.304. The molecule has 0 spiro atoms. The van der Waals surface area contributed by atoms with E-state index < -0.39 is 0 Å². The van der Waals surface area contributed by atoms with Gasteiger partial charge in [-0.3, -0.25) is 9.69 Å². The number of benzene rings is 2. The summed E-state index contributed by atoms with van der Waals surface area (Å²) in [5.41, 5.74) is 2.01. The van der Waals surface area contributed by atoms with Crippen molar-refractivity contribution in [1.82, 2.24) is 20.0 Å². The maximum Gasteiger partial charge on any atom is 0.271 e. The van der Waals surface area contributed by atoms with Gasteiger partial charge in [0.2, 0.25) is 0 Å². The summed E-state index contributed by atoms with van der Waals surface area (Å²) in [6, 6.07) is 15.8. The Bertz CT molecular complexity index is 996. The Morgan fingerprint density at radius 3 is 2.63 bits per heavy atom. The first-order chi connectivity index (χ1) is 14.6. The molecule has 2 aromatic carbocycles. The normalized spacial score (nSPS) is 15.1. The molecule has 1 saturated heterocycles. The van der Waals surface area contributed by atoms with Crippen LogP contribution < -0.4 is 10.1 Å². The molecule has 0 saturated carbocycles. The van der Waals surface area contributed by atoms with Crippen molar-refractivity contribution in [1.29, 1.82) is 0 Å². The molecule has 1 aliphatic rings. The lowest BCUT2D eigenvalue weighted by atomic mass is 10.1. The summed E-state index contributed by atoms with van der Waals surface area (Å²) < 4.78 is 20.2. The molecule has 0 bridgehead atoms. The minimum Gasteiger partial charge on any atom is -0.497 e. The molecule has 0 radical (unpaired) electrons. The zero-order valence-corrected chi connectivity index (χ0v) is 16.9. The Labute approximate surface area is 175 Å². The van der Waals surface area contributed by atoms with E-state index in [1.807, 2.05) is 24.3 Å². The van der Waals surface area contributed by atoms with E-state index in [1.165, 1.54) is 29.7 Å². The number of hydrogen-bond donors (Lipinski definition) is 1. The molecule has 1 amide bonds. The van der Waals surface area contributed by atoms with Crippen molar-refractivity contribution in [2.24, 2.45) is 0 Å². The third-order valence-electron chi connectivity index (χ3n) is 5.43. The molecule has 4 rings (SSSR count). The quantitative estimate of drug-likeness (QED) is 0.649. The molecule has 6 nitrogen and oxygen atoms in total. The maximum atomic E-state index is 13.5. The van der Waals surface area contributed by atoms with Gasteiger partial charge in [0.25, 0.3) is 5.91 Å². The summed E-state index contributed by atoms with van der Waals surface area (Å²) in [6.45, 7) is 2.51. The molecule has 30 heavy (non-hydrogen) atoms. The van der Waals surface area contributed by atoms with Crippen LogP contribution >= 0.6 is 0 Å². The highest BCUT2D eigenvalue weighted by atomic mass is 19.1. The van der Waals surface area contributed by atoms with Gasteiger partial charge in [-0.05, 0) is 67.9 Å². The lowest BCUT2D eigenvalue weighted by molar-refractivity contribution is 0.0932. The molecule has 156 valence electrons. The fourth-order valence-corrected chi connectivity index (χ4v) is 3.82.